The van der Waals surface area contributed by atoms with E-state index in [9.17, 15) is 29.2 Å². The summed E-state index contributed by atoms with van der Waals surface area (Å²) in [4.78, 5) is 55.5. The molecule has 20 nitrogen and oxygen atoms in total. The quantitative estimate of drug-likeness (QED) is 0.0218. The number of carbonyl (C=O) groups is 5. The summed E-state index contributed by atoms with van der Waals surface area (Å²) in [5.74, 6) is 1.79. The van der Waals surface area contributed by atoms with Gasteiger partial charge < -0.3 is 41.6 Å². The summed E-state index contributed by atoms with van der Waals surface area (Å²) in [6, 6.07) is 29.7. The molecule has 28 heteroatoms. The number of nitrogens with zero attached hydrogens (tertiary/aromatic N) is 4. The number of rotatable bonds is 14. The number of primary amides is 1. The van der Waals surface area contributed by atoms with Gasteiger partial charge in [0.15, 0.2) is 0 Å². The van der Waals surface area contributed by atoms with E-state index in [1.165, 1.54) is 44.3 Å². The number of H-pyrrole nitrogens is 2. The summed E-state index contributed by atoms with van der Waals surface area (Å²) in [6.07, 6.45) is -0.723. The first kappa shape index (κ1) is 59.8. The van der Waals surface area contributed by atoms with Crippen LogP contribution in [0.15, 0.2) is 94.5 Å². The fourth-order valence-corrected chi connectivity index (χ4v) is 10.2. The summed E-state index contributed by atoms with van der Waals surface area (Å²) >= 11 is 20.7. The maximum Gasteiger partial charge on any atom is 0.417 e. The number of thioether (sulfide) groups is 2. The second-order valence-corrected chi connectivity index (χ2v) is 19.2. The van der Waals surface area contributed by atoms with Gasteiger partial charge in [-0.1, -0.05) is 90.9 Å². The number of amides is 5. The maximum absolute atomic E-state index is 11.6. The summed E-state index contributed by atoms with van der Waals surface area (Å²) in [7, 11) is 3.23. The lowest BCUT2D eigenvalue weighted by molar-refractivity contribution is -0.117. The number of thiocarbonyl (C=S) groups is 1. The average Bonchev–Trinajstić information content (AvgIpc) is 4.04. The number of nitrogens with one attached hydrogen (secondary N) is 6. The summed E-state index contributed by atoms with van der Waals surface area (Å²) in [5, 5.41) is 39.0. The van der Waals surface area contributed by atoms with Gasteiger partial charge in [-0.05, 0) is 82.1 Å². The summed E-state index contributed by atoms with van der Waals surface area (Å²) in [6.45, 7) is 4.11. The lowest BCUT2D eigenvalue weighted by atomic mass is 10.2. The number of benzene rings is 3. The van der Waals surface area contributed by atoms with E-state index in [4.69, 9.17) is 72.9 Å². The highest BCUT2D eigenvalue weighted by Crippen LogP contribution is 2.33. The van der Waals surface area contributed by atoms with Crippen LogP contribution in [-0.2, 0) is 25.9 Å². The van der Waals surface area contributed by atoms with Gasteiger partial charge in [0.2, 0.25) is 17.7 Å². The standard InChI is InChI=1S/C14H13N3O2S2.C14H15N3O2S2.C11H9N3O3S2.C6H5N3OS2/c1-9(18)16-13-12(7-15)14(17-21-13)20-8-10-3-5-11(19-2)6-4-10;1-9(18)17-14(20)12(7-15)13(16)21-8-10-3-5-11(19-2)6-4-10;12-8(15)7-9(18)14-19-10(7)13-11(16)17-6-4-2-1-3-5-6;1-3(10)8-6-4(2-7)5(11)9-12-6/h3-6H,8H2,1-2H3,(H,16,18);3-6H,8,16H2,1-2H3,(H,17,18,20);1-5H,(H2,12,15)(H,13,16)(H,14,18);1H3,(H,8,10)(H,9,11). The van der Waals surface area contributed by atoms with Gasteiger partial charge in [-0.3, -0.25) is 33.2 Å². The topological polar surface area (TPSA) is 329 Å². The van der Waals surface area contributed by atoms with Crippen molar-refractivity contribution in [1.82, 2.24) is 18.4 Å². The Balaban J connectivity index is 0.000000261. The Hall–Kier alpha value is -7.46. The molecule has 0 aliphatic carbocycles. The van der Waals surface area contributed by atoms with E-state index in [-0.39, 0.29) is 48.5 Å². The van der Waals surface area contributed by atoms with E-state index < -0.39 is 12.0 Å². The first-order chi connectivity index (χ1) is 34.8. The van der Waals surface area contributed by atoms with E-state index in [0.717, 1.165) is 57.2 Å². The molecule has 0 atom stereocenters. The number of hydrogen-bond acceptors (Lipinski definition) is 21. The van der Waals surface area contributed by atoms with Gasteiger partial charge in [0.05, 0.1) is 19.2 Å². The number of para-hydroxylation sites is 1. The molecular formula is C45H42N12O8S8. The van der Waals surface area contributed by atoms with E-state index in [0.29, 0.717) is 48.1 Å². The van der Waals surface area contributed by atoms with Crippen molar-refractivity contribution < 1.29 is 38.2 Å². The highest BCUT2D eigenvalue weighted by atomic mass is 32.2. The Morgan fingerprint density at radius 2 is 1.23 bits per heavy atom. The molecule has 0 saturated carbocycles. The fraction of sp³-hybridized carbons (Fsp3) is 0.156. The summed E-state index contributed by atoms with van der Waals surface area (Å²) in [5.41, 5.74) is 14.1. The molecule has 0 bridgehead atoms. The number of ether oxygens (including phenoxy) is 3. The zero-order valence-electron chi connectivity index (χ0n) is 38.9. The van der Waals surface area contributed by atoms with Crippen LogP contribution in [0.4, 0.5) is 19.8 Å². The van der Waals surface area contributed by atoms with Gasteiger partial charge in [0.25, 0.3) is 5.91 Å². The molecule has 0 aliphatic heterocycles. The molecule has 0 radical (unpaired) electrons. The third-order valence-corrected chi connectivity index (χ3v) is 14.0. The summed E-state index contributed by atoms with van der Waals surface area (Å²) < 4.78 is 25.4. The van der Waals surface area contributed by atoms with E-state index >= 15 is 0 Å². The zero-order valence-corrected chi connectivity index (χ0v) is 45.4. The van der Waals surface area contributed by atoms with Crippen molar-refractivity contribution in [1.29, 1.82) is 15.8 Å². The van der Waals surface area contributed by atoms with E-state index in [1.54, 1.807) is 44.6 Å². The van der Waals surface area contributed by atoms with Crippen LogP contribution in [0.5, 0.6) is 17.2 Å². The van der Waals surface area contributed by atoms with Crippen molar-refractivity contribution in [2.75, 3.05) is 30.2 Å². The minimum atomic E-state index is -0.723. The van der Waals surface area contributed by atoms with E-state index in [1.807, 2.05) is 60.7 Å². The molecule has 10 N–H and O–H groups in total. The molecule has 0 fully saturated rings. The Labute approximate surface area is 454 Å². The highest BCUT2D eigenvalue weighted by molar-refractivity contribution is 8.02. The van der Waals surface area contributed by atoms with Crippen molar-refractivity contribution in [2.24, 2.45) is 11.5 Å². The lowest BCUT2D eigenvalue weighted by Gasteiger charge is -2.07. The van der Waals surface area contributed by atoms with Crippen LogP contribution in [0.3, 0.4) is 0 Å². The molecular weight excluding hydrogens is 1090 g/mol. The van der Waals surface area contributed by atoms with Crippen LogP contribution in [0.1, 0.15) is 53.4 Å². The third-order valence-electron chi connectivity index (χ3n) is 8.24. The Bertz CT molecular complexity index is 3180. The van der Waals surface area contributed by atoms with Crippen molar-refractivity contribution in [3.63, 3.8) is 0 Å². The molecule has 0 aliphatic rings. The Morgan fingerprint density at radius 1 is 0.699 bits per heavy atom. The number of nitriles is 3. The second kappa shape index (κ2) is 31.1. The van der Waals surface area contributed by atoms with Gasteiger partial charge in [-0.2, -0.15) is 20.2 Å². The van der Waals surface area contributed by atoms with Crippen molar-refractivity contribution in [3.05, 3.63) is 127 Å². The van der Waals surface area contributed by atoms with Crippen LogP contribution >= 0.6 is 94.8 Å². The number of aromatic amines is 2. The predicted molar refractivity (Wildman–Crippen MR) is 294 cm³/mol. The lowest BCUT2D eigenvalue weighted by Crippen LogP contribution is -2.28. The van der Waals surface area contributed by atoms with Gasteiger partial charge in [-0.25, -0.2) is 4.79 Å². The minimum Gasteiger partial charge on any atom is -0.497 e. The molecule has 0 unspecified atom stereocenters. The van der Waals surface area contributed by atoms with Gasteiger partial charge in [-0.15, -0.1) is 11.8 Å². The SMILES string of the molecule is CC(=O)Nc1s[nH]c(=S)c1C#N.COc1ccc(CSC(N)=C(C#N)C(=S)NC(C)=O)cc1.COc1ccc(CSc2nsc(NC(C)=O)c2C#N)cc1.NC(=O)c1c(NC(=O)Oc2ccccc2)s[nH]c1=S. The molecule has 378 valence electrons. The number of nitrogens with two attached hydrogens (primary N) is 2. The van der Waals surface area contributed by atoms with Gasteiger partial charge >= 0.3 is 6.09 Å². The van der Waals surface area contributed by atoms with Crippen molar-refractivity contribution in [3.8, 4) is 35.5 Å². The Morgan fingerprint density at radius 3 is 1.74 bits per heavy atom. The predicted octanol–water partition coefficient (Wildman–Crippen LogP) is 9.51. The number of carbonyl (C=O) groups excluding carboxylic acids is 5. The van der Waals surface area contributed by atoms with Crippen LogP contribution in [0.25, 0.3) is 0 Å². The number of anilines is 3. The maximum atomic E-state index is 11.6. The monoisotopic (exact) mass is 1130 g/mol. The molecule has 6 aromatic rings. The third kappa shape index (κ3) is 20.3. The van der Waals surface area contributed by atoms with Crippen LogP contribution in [0.2, 0.25) is 0 Å². The Kier molecular flexibility index (Phi) is 25.5. The number of methoxy groups -OCH3 is 2. The number of aromatic nitrogens is 3. The zero-order chi connectivity index (χ0) is 54.0. The van der Waals surface area contributed by atoms with Crippen LogP contribution < -0.4 is 46.9 Å². The van der Waals surface area contributed by atoms with Crippen molar-refractivity contribution >= 4 is 144 Å². The molecule has 0 spiro atoms. The minimum absolute atomic E-state index is 0.0460. The van der Waals surface area contributed by atoms with Crippen molar-refractivity contribution in [2.45, 2.75) is 37.3 Å². The van der Waals surface area contributed by atoms with Gasteiger partial charge in [0, 0.05) is 32.3 Å². The molecule has 3 aromatic carbocycles. The molecule has 3 aromatic heterocycles. The van der Waals surface area contributed by atoms with E-state index in [2.05, 4.69) is 40.5 Å². The first-order valence-electron chi connectivity index (χ1n) is 20.2. The second-order valence-electron chi connectivity index (χ2n) is 13.6. The molecule has 3 heterocycles. The normalized spacial score (nSPS) is 10.1. The first-order valence-corrected chi connectivity index (χ1v) is 25.8. The number of hydrogen-bond donors (Lipinski definition) is 8. The average molecular weight is 1140 g/mol. The van der Waals surface area contributed by atoms with Gasteiger partial charge in [0.1, 0.15) is 92.0 Å². The molecule has 5 amide bonds. The van der Waals surface area contributed by atoms with Crippen LogP contribution in [-0.4, -0.2) is 62.1 Å². The van der Waals surface area contributed by atoms with Crippen LogP contribution in [0, 0.1) is 43.3 Å². The smallest absolute Gasteiger partial charge is 0.417 e. The molecule has 0 saturated heterocycles. The molecule has 6 rings (SSSR count). The highest BCUT2D eigenvalue weighted by Gasteiger charge is 2.18. The largest absolute Gasteiger partial charge is 0.497 e. The fourth-order valence-electron chi connectivity index (χ4n) is 4.97. The molecule has 73 heavy (non-hydrogen) atoms.